The molecule has 0 aliphatic heterocycles. The van der Waals surface area contributed by atoms with Crippen LogP contribution < -0.4 is 0 Å². The number of aryl methyl sites for hydroxylation is 1. The quantitative estimate of drug-likeness (QED) is 0.701. The topological polar surface area (TPSA) is 28.7 Å². The van der Waals surface area contributed by atoms with E-state index in [2.05, 4.69) is 23.5 Å². The molecule has 2 nitrogen and oxygen atoms in total. The fourth-order valence-corrected chi connectivity index (χ4v) is 0.662. The van der Waals surface area contributed by atoms with Crippen LogP contribution in [0.15, 0.2) is 12.8 Å². The third-order valence-corrected chi connectivity index (χ3v) is 1.21. The molecule has 0 bridgehead atoms. The molecule has 1 aromatic rings. The number of nitrogens with zero attached hydrogens (tertiary/aromatic N) is 1. The lowest BCUT2D eigenvalue weighted by molar-refractivity contribution is 1.06. The van der Waals surface area contributed by atoms with Gasteiger partial charge in [0.15, 0.2) is 0 Å². The number of aromatic amines is 1. The van der Waals surface area contributed by atoms with E-state index in [1.165, 1.54) is 0 Å². The minimum Gasteiger partial charge on any atom is -0.345 e. The predicted octanol–water partition coefficient (Wildman–Crippen LogP) is 2.04. The summed E-state index contributed by atoms with van der Waals surface area (Å²) < 4.78 is 0. The van der Waals surface area contributed by atoms with Crippen molar-refractivity contribution in [2.45, 2.75) is 13.3 Å². The number of rotatable bonds is 2. The SMILES string of the molecule is C=Cc1nc(CC)c[nH]1.Cl. The zero-order valence-electron chi connectivity index (χ0n) is 5.92. The van der Waals surface area contributed by atoms with E-state index in [0.717, 1.165) is 17.9 Å². The van der Waals surface area contributed by atoms with E-state index in [1.807, 2.05) is 6.20 Å². The van der Waals surface area contributed by atoms with E-state index >= 15 is 0 Å². The number of hydrogen-bond donors (Lipinski definition) is 1. The Kier molecular flexibility index (Phi) is 3.81. The molecule has 0 radical (unpaired) electrons. The van der Waals surface area contributed by atoms with Gasteiger partial charge in [-0.1, -0.05) is 13.5 Å². The Morgan fingerprint density at radius 2 is 2.50 bits per heavy atom. The van der Waals surface area contributed by atoms with Gasteiger partial charge in [-0.05, 0) is 12.5 Å². The Balaban J connectivity index is 0.000000810. The molecule has 0 unspecified atom stereocenters. The summed E-state index contributed by atoms with van der Waals surface area (Å²) in [6, 6.07) is 0. The largest absolute Gasteiger partial charge is 0.345 e. The lowest BCUT2D eigenvalue weighted by Crippen LogP contribution is -1.77. The first kappa shape index (κ1) is 9.24. The fraction of sp³-hybridized carbons (Fsp3) is 0.286. The average molecular weight is 159 g/mol. The minimum atomic E-state index is 0. The Morgan fingerprint density at radius 3 is 2.80 bits per heavy atom. The molecular weight excluding hydrogens is 148 g/mol. The van der Waals surface area contributed by atoms with Crippen molar-refractivity contribution in [3.63, 3.8) is 0 Å². The number of aromatic nitrogens is 2. The third kappa shape index (κ3) is 1.88. The van der Waals surface area contributed by atoms with Gasteiger partial charge in [0.1, 0.15) is 5.82 Å². The van der Waals surface area contributed by atoms with Crippen LogP contribution in [0, 0.1) is 0 Å². The first-order valence-electron chi connectivity index (χ1n) is 3.03. The van der Waals surface area contributed by atoms with Crippen molar-refractivity contribution < 1.29 is 0 Å². The van der Waals surface area contributed by atoms with E-state index in [0.29, 0.717) is 0 Å². The lowest BCUT2D eigenvalue weighted by atomic mass is 10.4. The van der Waals surface area contributed by atoms with Crippen LogP contribution in [0.4, 0.5) is 0 Å². The van der Waals surface area contributed by atoms with Gasteiger partial charge in [-0.15, -0.1) is 12.4 Å². The molecule has 1 heterocycles. The molecule has 0 atom stereocenters. The van der Waals surface area contributed by atoms with Crippen molar-refractivity contribution in [2.24, 2.45) is 0 Å². The van der Waals surface area contributed by atoms with E-state index in [1.54, 1.807) is 6.08 Å². The Bertz CT molecular complexity index is 205. The monoisotopic (exact) mass is 158 g/mol. The highest BCUT2D eigenvalue weighted by molar-refractivity contribution is 5.85. The minimum absolute atomic E-state index is 0. The van der Waals surface area contributed by atoms with Crippen molar-refractivity contribution in [3.8, 4) is 0 Å². The summed E-state index contributed by atoms with van der Waals surface area (Å²) in [7, 11) is 0. The van der Waals surface area contributed by atoms with Crippen molar-refractivity contribution in [2.75, 3.05) is 0 Å². The summed E-state index contributed by atoms with van der Waals surface area (Å²) in [5, 5.41) is 0. The molecule has 0 aliphatic rings. The number of halogens is 1. The maximum atomic E-state index is 4.17. The molecule has 1 aromatic heterocycles. The highest BCUT2D eigenvalue weighted by Crippen LogP contribution is 1.97. The van der Waals surface area contributed by atoms with Crippen molar-refractivity contribution in [1.82, 2.24) is 9.97 Å². The second-order valence-corrected chi connectivity index (χ2v) is 1.83. The van der Waals surface area contributed by atoms with Crippen LogP contribution in [0.25, 0.3) is 6.08 Å². The zero-order chi connectivity index (χ0) is 6.69. The second-order valence-electron chi connectivity index (χ2n) is 1.83. The van der Waals surface area contributed by atoms with Gasteiger partial charge >= 0.3 is 0 Å². The van der Waals surface area contributed by atoms with Gasteiger partial charge < -0.3 is 4.98 Å². The molecule has 0 amide bonds. The van der Waals surface area contributed by atoms with Crippen molar-refractivity contribution in [1.29, 1.82) is 0 Å². The molecular formula is C7H11ClN2. The van der Waals surface area contributed by atoms with Crippen LogP contribution in [-0.4, -0.2) is 9.97 Å². The van der Waals surface area contributed by atoms with E-state index in [9.17, 15) is 0 Å². The van der Waals surface area contributed by atoms with Crippen molar-refractivity contribution >= 4 is 18.5 Å². The molecule has 0 aliphatic carbocycles. The first-order valence-corrected chi connectivity index (χ1v) is 3.03. The first-order chi connectivity index (χ1) is 4.36. The molecule has 1 N–H and O–H groups in total. The molecule has 0 aromatic carbocycles. The Morgan fingerprint density at radius 1 is 1.80 bits per heavy atom. The summed E-state index contributed by atoms with van der Waals surface area (Å²) in [4.78, 5) is 7.15. The van der Waals surface area contributed by atoms with Gasteiger partial charge in [0.25, 0.3) is 0 Å². The van der Waals surface area contributed by atoms with E-state index in [4.69, 9.17) is 0 Å². The number of nitrogens with one attached hydrogen (secondary N) is 1. The maximum absolute atomic E-state index is 4.17. The predicted molar refractivity (Wildman–Crippen MR) is 45.3 cm³/mol. The van der Waals surface area contributed by atoms with Crippen molar-refractivity contribution in [3.05, 3.63) is 24.3 Å². The van der Waals surface area contributed by atoms with Crippen LogP contribution in [0.2, 0.25) is 0 Å². The molecule has 0 fully saturated rings. The van der Waals surface area contributed by atoms with Gasteiger partial charge in [-0.3, -0.25) is 0 Å². The van der Waals surface area contributed by atoms with Crippen LogP contribution in [-0.2, 0) is 6.42 Å². The summed E-state index contributed by atoms with van der Waals surface area (Å²) in [5.74, 6) is 0.854. The zero-order valence-corrected chi connectivity index (χ0v) is 6.74. The fourth-order valence-electron chi connectivity index (χ4n) is 0.662. The number of H-pyrrole nitrogens is 1. The standard InChI is InChI=1S/C7H10N2.ClH/c1-3-6-5-8-7(4-2)9-6;/h4-5H,2-3H2,1H3,(H,8,9);1H. The average Bonchev–Trinajstić information content (AvgIpc) is 2.34. The summed E-state index contributed by atoms with van der Waals surface area (Å²) in [6.45, 7) is 5.66. The van der Waals surface area contributed by atoms with Crippen LogP contribution in [0.5, 0.6) is 0 Å². The highest BCUT2D eigenvalue weighted by atomic mass is 35.5. The van der Waals surface area contributed by atoms with E-state index in [-0.39, 0.29) is 12.4 Å². The van der Waals surface area contributed by atoms with Gasteiger partial charge in [0.05, 0.1) is 5.69 Å². The smallest absolute Gasteiger partial charge is 0.129 e. The molecule has 56 valence electrons. The third-order valence-electron chi connectivity index (χ3n) is 1.21. The number of imidazole rings is 1. The molecule has 0 spiro atoms. The molecule has 0 saturated heterocycles. The lowest BCUT2D eigenvalue weighted by Gasteiger charge is -1.80. The summed E-state index contributed by atoms with van der Waals surface area (Å²) in [5.41, 5.74) is 1.09. The molecule has 10 heavy (non-hydrogen) atoms. The highest BCUT2D eigenvalue weighted by Gasteiger charge is 1.91. The van der Waals surface area contributed by atoms with Gasteiger partial charge in [0.2, 0.25) is 0 Å². The number of hydrogen-bond acceptors (Lipinski definition) is 1. The van der Waals surface area contributed by atoms with Gasteiger partial charge in [0, 0.05) is 6.20 Å². The van der Waals surface area contributed by atoms with Gasteiger partial charge in [-0.25, -0.2) is 4.98 Å². The van der Waals surface area contributed by atoms with Gasteiger partial charge in [-0.2, -0.15) is 0 Å². The Hall–Kier alpha value is -0.760. The normalized spacial score (nSPS) is 8.50. The second kappa shape index (κ2) is 4.12. The van der Waals surface area contributed by atoms with Crippen LogP contribution in [0.3, 0.4) is 0 Å². The molecule has 3 heteroatoms. The summed E-state index contributed by atoms with van der Waals surface area (Å²) >= 11 is 0. The van der Waals surface area contributed by atoms with E-state index < -0.39 is 0 Å². The Labute approximate surface area is 66.8 Å². The summed E-state index contributed by atoms with van der Waals surface area (Å²) in [6.07, 6.45) is 4.58. The van der Waals surface area contributed by atoms with Crippen LogP contribution in [0.1, 0.15) is 18.4 Å². The van der Waals surface area contributed by atoms with Crippen LogP contribution >= 0.6 is 12.4 Å². The molecule has 0 saturated carbocycles. The molecule has 1 rings (SSSR count). The maximum Gasteiger partial charge on any atom is 0.129 e.